The summed E-state index contributed by atoms with van der Waals surface area (Å²) < 4.78 is 0. The number of hydrogen-bond donors (Lipinski definition) is 3. The van der Waals surface area contributed by atoms with Gasteiger partial charge in [0.1, 0.15) is 0 Å². The first kappa shape index (κ1) is 10.2. The molecule has 1 aromatic rings. The van der Waals surface area contributed by atoms with E-state index in [1.165, 1.54) is 11.3 Å². The van der Waals surface area contributed by atoms with Gasteiger partial charge in [-0.1, -0.05) is 0 Å². The van der Waals surface area contributed by atoms with Gasteiger partial charge in [-0.15, -0.1) is 0 Å². The summed E-state index contributed by atoms with van der Waals surface area (Å²) in [5.74, 6) is 0.0633. The maximum absolute atomic E-state index is 11.1. The lowest BCUT2D eigenvalue weighted by molar-refractivity contribution is -0.122. The van der Waals surface area contributed by atoms with Crippen molar-refractivity contribution < 1.29 is 4.79 Å². The summed E-state index contributed by atoms with van der Waals surface area (Å²) in [6.07, 6.45) is 0. The average Bonchev–Trinajstić information content (AvgIpc) is 2.52. The third-order valence-electron chi connectivity index (χ3n) is 2.98. The molecule has 0 radical (unpaired) electrons. The van der Waals surface area contributed by atoms with Crippen LogP contribution in [0.25, 0.3) is 0 Å². The molecule has 4 heteroatoms. The van der Waals surface area contributed by atoms with Crippen LogP contribution in [-0.4, -0.2) is 24.0 Å². The van der Waals surface area contributed by atoms with Crippen LogP contribution in [0, 0.1) is 13.8 Å². The smallest absolute Gasteiger partial charge is 0.234 e. The molecule has 82 valence electrons. The molecule has 0 aromatic carbocycles. The van der Waals surface area contributed by atoms with E-state index in [9.17, 15) is 4.79 Å². The standard InChI is InChI=1S/C11H17N3O/c1-7-4-8(2)14-10(7)11(3)6-12-9(15)5-13-11/h4,13-14H,5-6H2,1-3H3,(H,12,15). The quantitative estimate of drug-likeness (QED) is 0.630. The zero-order chi connectivity index (χ0) is 11.1. The number of carbonyl (C=O) groups excluding carboxylic acids is 1. The Labute approximate surface area is 89.5 Å². The fourth-order valence-corrected chi connectivity index (χ4v) is 2.15. The van der Waals surface area contributed by atoms with E-state index >= 15 is 0 Å². The molecule has 0 saturated carbocycles. The molecule has 1 aliphatic rings. The van der Waals surface area contributed by atoms with Gasteiger partial charge < -0.3 is 10.3 Å². The van der Waals surface area contributed by atoms with Gasteiger partial charge in [0.15, 0.2) is 0 Å². The van der Waals surface area contributed by atoms with Gasteiger partial charge in [-0.25, -0.2) is 0 Å². The van der Waals surface area contributed by atoms with Crippen molar-refractivity contribution in [1.29, 1.82) is 0 Å². The van der Waals surface area contributed by atoms with Crippen LogP contribution in [0.15, 0.2) is 6.07 Å². The Morgan fingerprint density at radius 2 is 2.13 bits per heavy atom. The second-order valence-electron chi connectivity index (χ2n) is 4.47. The average molecular weight is 207 g/mol. The number of aromatic nitrogens is 1. The number of piperazine rings is 1. The molecule has 1 amide bonds. The number of aryl methyl sites for hydroxylation is 2. The minimum Gasteiger partial charge on any atom is -0.361 e. The topological polar surface area (TPSA) is 56.9 Å². The summed E-state index contributed by atoms with van der Waals surface area (Å²) in [7, 11) is 0. The lowest BCUT2D eigenvalue weighted by atomic mass is 9.93. The molecule has 1 aromatic heterocycles. The highest BCUT2D eigenvalue weighted by molar-refractivity contribution is 5.79. The van der Waals surface area contributed by atoms with Gasteiger partial charge >= 0.3 is 0 Å². The summed E-state index contributed by atoms with van der Waals surface area (Å²) in [6, 6.07) is 2.12. The number of nitrogens with one attached hydrogen (secondary N) is 3. The van der Waals surface area contributed by atoms with E-state index < -0.39 is 0 Å². The predicted octanol–water partition coefficient (Wildman–Crippen LogP) is 0.566. The molecule has 1 aliphatic heterocycles. The van der Waals surface area contributed by atoms with Crippen molar-refractivity contribution in [2.24, 2.45) is 0 Å². The van der Waals surface area contributed by atoms with Gasteiger partial charge in [-0.05, 0) is 32.4 Å². The fraction of sp³-hybridized carbons (Fsp3) is 0.545. The van der Waals surface area contributed by atoms with Crippen LogP contribution in [0.5, 0.6) is 0 Å². The van der Waals surface area contributed by atoms with Crippen molar-refractivity contribution in [3.05, 3.63) is 23.0 Å². The molecule has 4 nitrogen and oxygen atoms in total. The molecule has 15 heavy (non-hydrogen) atoms. The van der Waals surface area contributed by atoms with Gasteiger partial charge in [0, 0.05) is 17.9 Å². The van der Waals surface area contributed by atoms with E-state index in [0.29, 0.717) is 13.1 Å². The Morgan fingerprint density at radius 1 is 1.40 bits per heavy atom. The number of H-pyrrole nitrogens is 1. The number of amides is 1. The first-order valence-electron chi connectivity index (χ1n) is 5.20. The highest BCUT2D eigenvalue weighted by Gasteiger charge is 2.33. The number of aromatic amines is 1. The third-order valence-corrected chi connectivity index (χ3v) is 2.98. The normalized spacial score (nSPS) is 26.5. The van der Waals surface area contributed by atoms with Crippen molar-refractivity contribution >= 4 is 5.91 Å². The highest BCUT2D eigenvalue weighted by Crippen LogP contribution is 2.24. The van der Waals surface area contributed by atoms with E-state index in [-0.39, 0.29) is 11.4 Å². The van der Waals surface area contributed by atoms with Crippen LogP contribution in [-0.2, 0) is 10.3 Å². The van der Waals surface area contributed by atoms with Crippen molar-refractivity contribution in [3.8, 4) is 0 Å². The first-order valence-corrected chi connectivity index (χ1v) is 5.20. The van der Waals surface area contributed by atoms with Crippen LogP contribution < -0.4 is 10.6 Å². The van der Waals surface area contributed by atoms with E-state index in [1.807, 2.05) is 6.92 Å². The van der Waals surface area contributed by atoms with Crippen LogP contribution in [0.3, 0.4) is 0 Å². The molecular formula is C11H17N3O. The largest absolute Gasteiger partial charge is 0.361 e. The molecule has 2 heterocycles. The van der Waals surface area contributed by atoms with Gasteiger partial charge in [0.2, 0.25) is 5.91 Å². The van der Waals surface area contributed by atoms with Gasteiger partial charge in [-0.2, -0.15) is 0 Å². The van der Waals surface area contributed by atoms with Crippen LogP contribution >= 0.6 is 0 Å². The number of carbonyl (C=O) groups is 1. The fourth-order valence-electron chi connectivity index (χ4n) is 2.15. The molecule has 0 bridgehead atoms. The molecule has 1 saturated heterocycles. The second-order valence-corrected chi connectivity index (χ2v) is 4.47. The first-order chi connectivity index (χ1) is 7.01. The van der Waals surface area contributed by atoms with Gasteiger partial charge in [0.25, 0.3) is 0 Å². The SMILES string of the molecule is Cc1cc(C)c(C2(C)CNC(=O)CN2)[nH]1. The molecule has 3 N–H and O–H groups in total. The predicted molar refractivity (Wildman–Crippen MR) is 58.6 cm³/mol. The zero-order valence-corrected chi connectivity index (χ0v) is 9.40. The number of hydrogen-bond acceptors (Lipinski definition) is 2. The Morgan fingerprint density at radius 3 is 2.60 bits per heavy atom. The maximum atomic E-state index is 11.1. The molecule has 1 unspecified atom stereocenters. The summed E-state index contributed by atoms with van der Waals surface area (Å²) in [6.45, 7) is 7.24. The molecular weight excluding hydrogens is 190 g/mol. The van der Waals surface area contributed by atoms with E-state index in [0.717, 1.165) is 5.69 Å². The van der Waals surface area contributed by atoms with Crippen LogP contribution in [0.2, 0.25) is 0 Å². The van der Waals surface area contributed by atoms with Crippen LogP contribution in [0.4, 0.5) is 0 Å². The van der Waals surface area contributed by atoms with E-state index in [2.05, 4.69) is 35.5 Å². The third kappa shape index (κ3) is 1.77. The monoisotopic (exact) mass is 207 g/mol. The molecule has 0 spiro atoms. The van der Waals surface area contributed by atoms with Crippen molar-refractivity contribution in [3.63, 3.8) is 0 Å². The van der Waals surface area contributed by atoms with Crippen molar-refractivity contribution in [1.82, 2.24) is 15.6 Å². The Hall–Kier alpha value is -1.29. The lowest BCUT2D eigenvalue weighted by Gasteiger charge is -2.35. The molecule has 1 atom stereocenters. The molecule has 2 rings (SSSR count). The number of rotatable bonds is 1. The van der Waals surface area contributed by atoms with E-state index in [4.69, 9.17) is 0 Å². The Bertz CT molecular complexity index is 385. The van der Waals surface area contributed by atoms with Crippen molar-refractivity contribution in [2.45, 2.75) is 26.3 Å². The lowest BCUT2D eigenvalue weighted by Crippen LogP contribution is -2.58. The minimum atomic E-state index is -0.174. The van der Waals surface area contributed by atoms with E-state index in [1.54, 1.807) is 0 Å². The van der Waals surface area contributed by atoms with Crippen LogP contribution in [0.1, 0.15) is 23.9 Å². The Kier molecular flexibility index (Phi) is 2.31. The summed E-state index contributed by atoms with van der Waals surface area (Å²) in [4.78, 5) is 14.4. The summed E-state index contributed by atoms with van der Waals surface area (Å²) >= 11 is 0. The van der Waals surface area contributed by atoms with Gasteiger partial charge in [0.05, 0.1) is 12.1 Å². The van der Waals surface area contributed by atoms with Crippen molar-refractivity contribution in [2.75, 3.05) is 13.1 Å². The second kappa shape index (κ2) is 3.38. The summed E-state index contributed by atoms with van der Waals surface area (Å²) in [5, 5.41) is 6.16. The molecule has 1 fully saturated rings. The zero-order valence-electron chi connectivity index (χ0n) is 9.40. The maximum Gasteiger partial charge on any atom is 0.234 e. The highest BCUT2D eigenvalue weighted by atomic mass is 16.2. The Balaban J connectivity index is 2.29. The van der Waals surface area contributed by atoms with Gasteiger partial charge in [-0.3, -0.25) is 10.1 Å². The molecule has 0 aliphatic carbocycles. The summed E-state index contributed by atoms with van der Waals surface area (Å²) in [5.41, 5.74) is 3.38. The minimum absolute atomic E-state index is 0.0633.